The fourth-order valence-corrected chi connectivity index (χ4v) is 6.67. The molecule has 7 nitrogen and oxygen atoms in total. The van der Waals surface area contributed by atoms with Crippen LogP contribution in [0.4, 0.5) is 17.6 Å². The lowest BCUT2D eigenvalue weighted by Crippen LogP contribution is -2.45. The van der Waals surface area contributed by atoms with E-state index >= 15 is 0 Å². The van der Waals surface area contributed by atoms with Crippen molar-refractivity contribution in [3.05, 3.63) is 40.9 Å². The summed E-state index contributed by atoms with van der Waals surface area (Å²) in [6, 6.07) is 10.4. The Bertz CT molecular complexity index is 1090. The van der Waals surface area contributed by atoms with Gasteiger partial charge in [-0.1, -0.05) is 37.6 Å². The van der Waals surface area contributed by atoms with Gasteiger partial charge in [0.25, 0.3) is 0 Å². The summed E-state index contributed by atoms with van der Waals surface area (Å²) in [6.45, 7) is 10.9. The van der Waals surface area contributed by atoms with Crippen LogP contribution < -0.4 is 20.4 Å². The number of piperidine rings is 2. The van der Waals surface area contributed by atoms with Crippen LogP contribution in [0.15, 0.2) is 30.3 Å². The second-order valence-electron chi connectivity index (χ2n) is 11.5. The molecule has 0 aliphatic carbocycles. The minimum atomic E-state index is -0.0867. The summed E-state index contributed by atoms with van der Waals surface area (Å²) in [5.41, 5.74) is 1.14. The van der Waals surface area contributed by atoms with Gasteiger partial charge < -0.3 is 25.2 Å². The second-order valence-corrected chi connectivity index (χ2v) is 12.4. The maximum atomic E-state index is 6.36. The van der Waals surface area contributed by atoms with Gasteiger partial charge in [-0.25, -0.2) is 0 Å². The van der Waals surface area contributed by atoms with Gasteiger partial charge in [0, 0.05) is 62.4 Å². The SMILES string of the molecule is C[C@H]1C[C@H](C)CN(c2cc(N3CCCCC3)nc(NC(=S)NCC3(c4cccc(Cl)c4)CCOCC3)n2)C1. The van der Waals surface area contributed by atoms with E-state index < -0.39 is 0 Å². The molecule has 1 aromatic heterocycles. The molecule has 38 heavy (non-hydrogen) atoms. The molecule has 2 N–H and O–H groups in total. The van der Waals surface area contributed by atoms with E-state index in [0.717, 1.165) is 68.9 Å². The Morgan fingerprint density at radius 3 is 2.39 bits per heavy atom. The largest absolute Gasteiger partial charge is 0.381 e. The van der Waals surface area contributed by atoms with Crippen LogP contribution in [-0.4, -0.2) is 61.0 Å². The molecule has 3 fully saturated rings. The van der Waals surface area contributed by atoms with Crippen LogP contribution >= 0.6 is 23.8 Å². The van der Waals surface area contributed by atoms with Crippen molar-refractivity contribution >= 4 is 46.5 Å². The fourth-order valence-electron chi connectivity index (χ4n) is 6.32. The highest BCUT2D eigenvalue weighted by Gasteiger charge is 2.35. The van der Waals surface area contributed by atoms with Crippen LogP contribution in [0.1, 0.15) is 57.9 Å². The highest BCUT2D eigenvalue weighted by atomic mass is 35.5. The predicted octanol–water partition coefficient (Wildman–Crippen LogP) is 5.64. The minimum Gasteiger partial charge on any atom is -0.381 e. The first-order valence-corrected chi connectivity index (χ1v) is 15.0. The molecule has 0 radical (unpaired) electrons. The van der Waals surface area contributed by atoms with Crippen molar-refractivity contribution in [2.24, 2.45) is 11.8 Å². The molecule has 3 aliphatic rings. The van der Waals surface area contributed by atoms with Crippen LogP contribution in [0.25, 0.3) is 0 Å². The zero-order valence-corrected chi connectivity index (χ0v) is 24.3. The highest BCUT2D eigenvalue weighted by molar-refractivity contribution is 7.80. The van der Waals surface area contributed by atoms with E-state index in [0.29, 0.717) is 29.4 Å². The smallest absolute Gasteiger partial charge is 0.232 e. The molecule has 2 aromatic rings. The summed E-state index contributed by atoms with van der Waals surface area (Å²) in [4.78, 5) is 14.7. The number of hydrogen-bond donors (Lipinski definition) is 2. The van der Waals surface area contributed by atoms with Gasteiger partial charge >= 0.3 is 0 Å². The maximum Gasteiger partial charge on any atom is 0.232 e. The standard InChI is InChI=1S/C29H41ClN6OS/c1-21-15-22(2)19-36(18-21)26-17-25(35-11-4-3-5-12-35)32-27(33-26)34-28(38)31-20-29(9-13-37-14-10-29)23-7-6-8-24(30)16-23/h6-8,16-17,21-22H,3-5,9-15,18-20H2,1-2H3,(H2,31,32,33,34,38)/t21-,22-/m0/s1. The van der Waals surface area contributed by atoms with Crippen molar-refractivity contribution in [1.29, 1.82) is 0 Å². The average molecular weight is 557 g/mol. The van der Waals surface area contributed by atoms with E-state index in [1.165, 1.54) is 31.2 Å². The van der Waals surface area contributed by atoms with E-state index in [4.69, 9.17) is 38.5 Å². The van der Waals surface area contributed by atoms with Gasteiger partial charge in [0.2, 0.25) is 5.95 Å². The lowest BCUT2D eigenvalue weighted by molar-refractivity contribution is 0.0515. The van der Waals surface area contributed by atoms with Crippen molar-refractivity contribution in [3.63, 3.8) is 0 Å². The van der Waals surface area contributed by atoms with Crippen LogP contribution in [0, 0.1) is 11.8 Å². The Kier molecular flexibility index (Phi) is 8.91. The van der Waals surface area contributed by atoms with Crippen molar-refractivity contribution in [3.8, 4) is 0 Å². The van der Waals surface area contributed by atoms with Crippen molar-refractivity contribution in [2.45, 2.75) is 57.8 Å². The third kappa shape index (κ3) is 6.69. The third-order valence-electron chi connectivity index (χ3n) is 8.27. The summed E-state index contributed by atoms with van der Waals surface area (Å²) in [7, 11) is 0. The summed E-state index contributed by atoms with van der Waals surface area (Å²) in [6.07, 6.45) is 6.79. The number of nitrogens with zero attached hydrogens (tertiary/aromatic N) is 4. The topological polar surface area (TPSA) is 65.5 Å². The molecule has 0 bridgehead atoms. The minimum absolute atomic E-state index is 0.0867. The third-order valence-corrected chi connectivity index (χ3v) is 8.75. The average Bonchev–Trinajstić information content (AvgIpc) is 2.92. The second kappa shape index (κ2) is 12.3. The Morgan fingerprint density at radius 1 is 1.03 bits per heavy atom. The number of benzene rings is 1. The number of nitrogens with one attached hydrogen (secondary N) is 2. The summed E-state index contributed by atoms with van der Waals surface area (Å²) in [5, 5.41) is 8.11. The number of hydrogen-bond acceptors (Lipinski definition) is 6. The summed E-state index contributed by atoms with van der Waals surface area (Å²) >= 11 is 12.1. The molecule has 4 heterocycles. The van der Waals surface area contributed by atoms with E-state index in [1.807, 2.05) is 12.1 Å². The molecule has 206 valence electrons. The molecular weight excluding hydrogens is 516 g/mol. The highest BCUT2D eigenvalue weighted by Crippen LogP contribution is 2.35. The van der Waals surface area contributed by atoms with Gasteiger partial charge in [0.05, 0.1) is 0 Å². The molecular formula is C29H41ClN6OS. The van der Waals surface area contributed by atoms with Crippen molar-refractivity contribution in [1.82, 2.24) is 15.3 Å². The number of aromatic nitrogens is 2. The lowest BCUT2D eigenvalue weighted by Gasteiger charge is -2.38. The Morgan fingerprint density at radius 2 is 1.71 bits per heavy atom. The van der Waals surface area contributed by atoms with Gasteiger partial charge in [-0.05, 0) is 80.3 Å². The molecule has 0 unspecified atom stereocenters. The lowest BCUT2D eigenvalue weighted by atomic mass is 9.74. The van der Waals surface area contributed by atoms with Gasteiger partial charge in [-0.3, -0.25) is 0 Å². The van der Waals surface area contributed by atoms with Crippen LogP contribution in [-0.2, 0) is 10.2 Å². The van der Waals surface area contributed by atoms with E-state index in [2.05, 4.69) is 52.5 Å². The number of halogens is 1. The van der Waals surface area contributed by atoms with Gasteiger partial charge in [-0.2, -0.15) is 9.97 Å². The predicted molar refractivity (Wildman–Crippen MR) is 161 cm³/mol. The van der Waals surface area contributed by atoms with Gasteiger partial charge in [0.1, 0.15) is 11.6 Å². The normalized spacial score (nSPS) is 23.7. The number of rotatable bonds is 6. The first-order valence-electron chi connectivity index (χ1n) is 14.2. The maximum absolute atomic E-state index is 6.36. The molecule has 0 spiro atoms. The van der Waals surface area contributed by atoms with E-state index in [9.17, 15) is 0 Å². The number of ether oxygens (including phenoxy) is 1. The first kappa shape index (κ1) is 27.4. The molecule has 3 aliphatic heterocycles. The molecule has 1 aromatic carbocycles. The zero-order chi connectivity index (χ0) is 26.5. The van der Waals surface area contributed by atoms with Crippen LogP contribution in [0.5, 0.6) is 0 Å². The zero-order valence-electron chi connectivity index (χ0n) is 22.7. The van der Waals surface area contributed by atoms with E-state index in [-0.39, 0.29) is 5.41 Å². The Balaban J connectivity index is 1.33. The number of thiocarbonyl (C=S) groups is 1. The molecule has 5 rings (SSSR count). The quantitative estimate of drug-likeness (QED) is 0.443. The Labute approximate surface area is 237 Å². The monoisotopic (exact) mass is 556 g/mol. The van der Waals surface area contributed by atoms with E-state index in [1.54, 1.807) is 0 Å². The Hall–Kier alpha value is -2.16. The molecule has 0 amide bonds. The van der Waals surface area contributed by atoms with Crippen LogP contribution in [0.3, 0.4) is 0 Å². The first-order chi connectivity index (χ1) is 18.4. The molecule has 0 saturated carbocycles. The van der Waals surface area contributed by atoms with Crippen LogP contribution in [0.2, 0.25) is 5.02 Å². The van der Waals surface area contributed by atoms with Crippen molar-refractivity contribution in [2.75, 3.05) is 61.1 Å². The van der Waals surface area contributed by atoms with Gasteiger partial charge in [0.15, 0.2) is 5.11 Å². The molecule has 3 saturated heterocycles. The molecule has 9 heteroatoms. The van der Waals surface area contributed by atoms with Crippen molar-refractivity contribution < 1.29 is 4.74 Å². The number of anilines is 3. The molecule has 2 atom stereocenters. The summed E-state index contributed by atoms with van der Waals surface area (Å²) < 4.78 is 5.70. The van der Waals surface area contributed by atoms with Gasteiger partial charge in [-0.15, -0.1) is 0 Å². The summed E-state index contributed by atoms with van der Waals surface area (Å²) in [5.74, 6) is 3.84. The fraction of sp³-hybridized carbons (Fsp3) is 0.621.